The van der Waals surface area contributed by atoms with Gasteiger partial charge < -0.3 is 4.74 Å². The van der Waals surface area contributed by atoms with Crippen LogP contribution in [0.5, 0.6) is 0 Å². The average molecular weight is 348 g/mol. The van der Waals surface area contributed by atoms with Crippen LogP contribution in [0.2, 0.25) is 0 Å². The minimum Gasteiger partial charge on any atom is -0.370 e. The van der Waals surface area contributed by atoms with Crippen LogP contribution in [0.15, 0.2) is 21.5 Å². The van der Waals surface area contributed by atoms with E-state index in [4.69, 9.17) is 4.74 Å². The molecule has 2 aromatic heterocycles. The van der Waals surface area contributed by atoms with Gasteiger partial charge in [-0.3, -0.25) is 0 Å². The number of pyridine rings is 1. The van der Waals surface area contributed by atoms with Gasteiger partial charge in [0.1, 0.15) is 6.61 Å². The highest BCUT2D eigenvalue weighted by Gasteiger charge is 2.41. The second kappa shape index (κ2) is 4.63. The fraction of sp³-hybridized carbons (Fsp3) is 0.500. The number of aryl methyl sites for hydroxylation is 1. The Morgan fingerprint density at radius 2 is 2.35 bits per heavy atom. The Hall–Kier alpha value is -1.28. The molecule has 1 unspecified atom stereocenters. The maximum atomic E-state index is 13.1. The number of fused-ring (bicyclic) bond motifs is 1. The van der Waals surface area contributed by atoms with Gasteiger partial charge in [-0.05, 0) is 34.5 Å². The average Bonchev–Trinajstić information content (AvgIpc) is 2.84. The monoisotopic (exact) mass is 347 g/mol. The number of rotatable bonds is 2. The van der Waals surface area contributed by atoms with Crippen molar-refractivity contribution in [3.8, 4) is 0 Å². The van der Waals surface area contributed by atoms with Crippen LogP contribution in [0.25, 0.3) is 5.65 Å². The van der Waals surface area contributed by atoms with E-state index >= 15 is 0 Å². The molecule has 3 rings (SSSR count). The quantitative estimate of drug-likeness (QED) is 0.834. The van der Waals surface area contributed by atoms with Crippen molar-refractivity contribution in [2.75, 3.05) is 6.61 Å². The molecule has 0 N–H and O–H groups in total. The van der Waals surface area contributed by atoms with E-state index in [-0.39, 0.29) is 18.7 Å². The van der Waals surface area contributed by atoms with Crippen LogP contribution in [-0.2, 0) is 11.3 Å². The topological polar surface area (TPSA) is 48.5 Å². The lowest BCUT2D eigenvalue weighted by Gasteiger charge is -2.07. The normalized spacial score (nSPS) is 21.7. The van der Waals surface area contributed by atoms with Gasteiger partial charge in [-0.15, -0.1) is 5.10 Å². The smallest absolute Gasteiger partial charge is 0.350 e. The van der Waals surface area contributed by atoms with Crippen molar-refractivity contribution < 1.29 is 13.5 Å². The van der Waals surface area contributed by atoms with Gasteiger partial charge in [0, 0.05) is 17.1 Å². The van der Waals surface area contributed by atoms with Crippen molar-refractivity contribution in [3.05, 3.63) is 32.8 Å². The Morgan fingerprint density at radius 3 is 3.00 bits per heavy atom. The van der Waals surface area contributed by atoms with Crippen molar-refractivity contribution in [1.82, 2.24) is 14.2 Å². The van der Waals surface area contributed by atoms with E-state index < -0.39 is 18.6 Å². The summed E-state index contributed by atoms with van der Waals surface area (Å²) in [5.41, 5.74) is 1.07. The van der Waals surface area contributed by atoms with Gasteiger partial charge in [0.05, 0.1) is 12.6 Å². The van der Waals surface area contributed by atoms with Crippen LogP contribution >= 0.6 is 15.9 Å². The lowest BCUT2D eigenvalue weighted by molar-refractivity contribution is -0.0107. The summed E-state index contributed by atoms with van der Waals surface area (Å²) < 4.78 is 34.5. The molecular weight excluding hydrogens is 336 g/mol. The van der Waals surface area contributed by atoms with Crippen molar-refractivity contribution in [3.63, 3.8) is 0 Å². The molecule has 0 radical (unpaired) electrons. The first-order valence-electron chi connectivity index (χ1n) is 6.10. The highest BCUT2D eigenvalue weighted by atomic mass is 79.9. The Morgan fingerprint density at radius 1 is 1.60 bits per heavy atom. The molecule has 20 heavy (non-hydrogen) atoms. The third kappa shape index (κ3) is 2.37. The second-order valence-corrected chi connectivity index (χ2v) is 5.84. The van der Waals surface area contributed by atoms with Gasteiger partial charge in [-0.2, -0.15) is 0 Å². The summed E-state index contributed by atoms with van der Waals surface area (Å²) in [5, 5.41) is 4.15. The van der Waals surface area contributed by atoms with Crippen molar-refractivity contribution >= 4 is 21.6 Å². The van der Waals surface area contributed by atoms with E-state index in [1.54, 1.807) is 12.3 Å². The van der Waals surface area contributed by atoms with Crippen LogP contribution in [0.1, 0.15) is 12.0 Å². The minimum absolute atomic E-state index is 0.0345. The maximum Gasteiger partial charge on any atom is 0.350 e. The highest BCUT2D eigenvalue weighted by molar-refractivity contribution is 9.10. The van der Waals surface area contributed by atoms with Crippen molar-refractivity contribution in [1.29, 1.82) is 0 Å². The fourth-order valence-corrected chi connectivity index (χ4v) is 2.57. The molecule has 0 bridgehead atoms. The first-order chi connectivity index (χ1) is 9.35. The largest absolute Gasteiger partial charge is 0.370 e. The van der Waals surface area contributed by atoms with Crippen LogP contribution in [0.4, 0.5) is 8.78 Å². The Kier molecular flexibility index (Phi) is 3.17. The molecule has 3 heterocycles. The first-order valence-corrected chi connectivity index (χ1v) is 6.90. The van der Waals surface area contributed by atoms with Crippen LogP contribution < -0.4 is 5.69 Å². The molecule has 0 amide bonds. The molecule has 2 aromatic rings. The van der Waals surface area contributed by atoms with E-state index in [0.29, 0.717) is 5.65 Å². The molecule has 1 aliphatic rings. The first kappa shape index (κ1) is 13.7. The van der Waals surface area contributed by atoms with Crippen LogP contribution in [-0.4, -0.2) is 32.8 Å². The lowest BCUT2D eigenvalue weighted by atomic mass is 10.2. The predicted octanol–water partition coefficient (Wildman–Crippen LogP) is 1.99. The number of nitrogens with zero attached hydrogens (tertiary/aromatic N) is 3. The van der Waals surface area contributed by atoms with Gasteiger partial charge in [0.15, 0.2) is 5.65 Å². The third-order valence-corrected chi connectivity index (χ3v) is 4.12. The number of halogens is 3. The molecule has 1 saturated heterocycles. The summed E-state index contributed by atoms with van der Waals surface area (Å²) in [7, 11) is 0. The number of alkyl halides is 2. The van der Waals surface area contributed by atoms with Gasteiger partial charge >= 0.3 is 5.69 Å². The summed E-state index contributed by atoms with van der Waals surface area (Å²) >= 11 is 3.34. The van der Waals surface area contributed by atoms with Gasteiger partial charge in [-0.1, -0.05) is 0 Å². The number of hydrogen-bond donors (Lipinski definition) is 0. The molecule has 5 nitrogen and oxygen atoms in total. The molecule has 0 spiro atoms. The SMILES string of the molecule is Cc1cc2nn(CC3CC(F)(F)CO3)c(=O)n2cc1Br. The Balaban J connectivity index is 1.93. The minimum atomic E-state index is -2.81. The summed E-state index contributed by atoms with van der Waals surface area (Å²) in [6.45, 7) is 1.32. The molecule has 108 valence electrons. The third-order valence-electron chi connectivity index (χ3n) is 3.29. The molecule has 0 aromatic carbocycles. The Labute approximate surface area is 121 Å². The summed E-state index contributed by atoms with van der Waals surface area (Å²) in [5.74, 6) is -2.81. The second-order valence-electron chi connectivity index (χ2n) is 4.99. The molecule has 1 fully saturated rings. The fourth-order valence-electron chi connectivity index (χ4n) is 2.25. The van der Waals surface area contributed by atoms with Gasteiger partial charge in [0.25, 0.3) is 5.92 Å². The lowest BCUT2D eigenvalue weighted by Crippen LogP contribution is -2.27. The number of hydrogen-bond acceptors (Lipinski definition) is 3. The van der Waals surface area contributed by atoms with Crippen LogP contribution in [0.3, 0.4) is 0 Å². The molecule has 0 aliphatic carbocycles. The summed E-state index contributed by atoms with van der Waals surface area (Å²) in [6.07, 6.45) is 0.563. The van der Waals surface area contributed by atoms with Crippen LogP contribution in [0, 0.1) is 6.92 Å². The number of ether oxygens (including phenoxy) is 1. The molecule has 8 heteroatoms. The zero-order chi connectivity index (χ0) is 14.5. The van der Waals surface area contributed by atoms with Gasteiger partial charge in [-0.25, -0.2) is 22.7 Å². The van der Waals surface area contributed by atoms with E-state index in [1.807, 2.05) is 6.92 Å². The summed E-state index contributed by atoms with van der Waals surface area (Å²) in [6, 6.07) is 1.76. The van der Waals surface area contributed by atoms with E-state index in [0.717, 1.165) is 10.0 Å². The zero-order valence-corrected chi connectivity index (χ0v) is 12.2. The van der Waals surface area contributed by atoms with Crippen molar-refractivity contribution in [2.24, 2.45) is 0 Å². The van der Waals surface area contributed by atoms with E-state index in [1.165, 1.54) is 9.08 Å². The molecular formula is C12H12BrF2N3O2. The standard InChI is InChI=1S/C12H12BrF2N3O2/c1-7-2-10-16-18(11(19)17(10)5-9(7)13)4-8-3-12(14,15)6-20-8/h2,5,8H,3-4,6H2,1H3. The Bertz CT molecular complexity index is 725. The number of aromatic nitrogens is 3. The van der Waals surface area contributed by atoms with E-state index in [2.05, 4.69) is 21.0 Å². The molecule has 1 aliphatic heterocycles. The predicted molar refractivity (Wildman–Crippen MR) is 71.2 cm³/mol. The maximum absolute atomic E-state index is 13.1. The van der Waals surface area contributed by atoms with Gasteiger partial charge in [0.2, 0.25) is 0 Å². The summed E-state index contributed by atoms with van der Waals surface area (Å²) in [4.78, 5) is 12.1. The molecule has 1 atom stereocenters. The van der Waals surface area contributed by atoms with Crippen molar-refractivity contribution in [2.45, 2.75) is 31.9 Å². The zero-order valence-electron chi connectivity index (χ0n) is 10.6. The van der Waals surface area contributed by atoms with E-state index in [9.17, 15) is 13.6 Å². The molecule has 0 saturated carbocycles. The highest BCUT2D eigenvalue weighted by Crippen LogP contribution is 2.29.